The molecule has 0 fully saturated rings. The summed E-state index contributed by atoms with van der Waals surface area (Å²) in [6, 6.07) is 37.6. The van der Waals surface area contributed by atoms with Crippen molar-refractivity contribution in [1.29, 1.82) is 0 Å². The van der Waals surface area contributed by atoms with E-state index in [1.807, 2.05) is 38.5 Å². The zero-order chi connectivity index (χ0) is 26.7. The summed E-state index contributed by atoms with van der Waals surface area (Å²) >= 11 is 3.50. The zero-order valence-corrected chi connectivity index (χ0v) is 25.2. The first-order valence-electron chi connectivity index (χ1n) is 11.8. The van der Waals surface area contributed by atoms with Crippen LogP contribution in [0.2, 0.25) is 0 Å². The van der Waals surface area contributed by atoms with E-state index >= 15 is 0 Å². The van der Waals surface area contributed by atoms with Crippen molar-refractivity contribution in [3.8, 4) is 11.3 Å². The maximum Gasteiger partial charge on any atom is 0.354 e. The molecule has 0 saturated carbocycles. The van der Waals surface area contributed by atoms with Crippen LogP contribution in [0.5, 0.6) is 0 Å². The van der Waals surface area contributed by atoms with Crippen molar-refractivity contribution in [3.63, 3.8) is 0 Å². The van der Waals surface area contributed by atoms with Gasteiger partial charge in [-0.05, 0) is 48.2 Å². The predicted molar refractivity (Wildman–Crippen MR) is 155 cm³/mol. The van der Waals surface area contributed by atoms with Crippen LogP contribution in [0.4, 0.5) is 5.69 Å². The molecule has 0 bridgehead atoms. The second kappa shape index (κ2) is 15.3. The van der Waals surface area contributed by atoms with Crippen molar-refractivity contribution in [2.45, 2.75) is 19.6 Å². The molecule has 0 unspecified atom stereocenters. The smallest absolute Gasteiger partial charge is 0.354 e. The number of anilines is 1. The Morgan fingerprint density at radius 2 is 1.41 bits per heavy atom. The SMILES string of the molecule is CN(C)c1ccnc(-c2[c-]cc(Sc3ccccc3)cc2Sc2ccccc2)c1.O=C(O)c1ccccn1.[Pt]. The Kier molecular flexibility index (Phi) is 11.8. The molecule has 39 heavy (non-hydrogen) atoms. The van der Waals surface area contributed by atoms with Crippen LogP contribution >= 0.6 is 23.5 Å². The van der Waals surface area contributed by atoms with Crippen LogP contribution < -0.4 is 4.90 Å². The van der Waals surface area contributed by atoms with Crippen molar-refractivity contribution < 1.29 is 31.0 Å². The second-order valence-electron chi connectivity index (χ2n) is 8.22. The van der Waals surface area contributed by atoms with Crippen LogP contribution in [-0.2, 0) is 21.1 Å². The van der Waals surface area contributed by atoms with Gasteiger partial charge >= 0.3 is 5.97 Å². The summed E-state index contributed by atoms with van der Waals surface area (Å²) in [5.41, 5.74) is 3.17. The summed E-state index contributed by atoms with van der Waals surface area (Å²) in [5, 5.41) is 8.32. The topological polar surface area (TPSA) is 66.3 Å². The number of hydrogen-bond donors (Lipinski definition) is 1. The average Bonchev–Trinajstić information content (AvgIpc) is 2.95. The van der Waals surface area contributed by atoms with E-state index in [0.717, 1.165) is 21.8 Å². The molecule has 0 spiro atoms. The predicted octanol–water partition coefficient (Wildman–Crippen LogP) is 7.69. The van der Waals surface area contributed by atoms with Gasteiger partial charge in [0.05, 0.1) is 0 Å². The summed E-state index contributed by atoms with van der Waals surface area (Å²) in [4.78, 5) is 25.2. The number of carbonyl (C=O) groups is 1. The van der Waals surface area contributed by atoms with Crippen LogP contribution in [0, 0.1) is 6.07 Å². The Bertz CT molecular complexity index is 1470. The molecule has 5 nitrogen and oxygen atoms in total. The van der Waals surface area contributed by atoms with Gasteiger partial charge < -0.3 is 15.0 Å². The van der Waals surface area contributed by atoms with Gasteiger partial charge in [0, 0.05) is 63.0 Å². The maximum absolute atomic E-state index is 10.1. The molecule has 0 aliphatic carbocycles. The minimum absolute atomic E-state index is 0. The molecule has 0 atom stereocenters. The number of pyridine rings is 2. The van der Waals surface area contributed by atoms with E-state index < -0.39 is 5.97 Å². The Balaban J connectivity index is 0.000000359. The molecule has 8 heteroatoms. The first kappa shape index (κ1) is 30.2. The molecular formula is C31H26N3O2PtS2-. The normalized spacial score (nSPS) is 10.0. The number of benzene rings is 3. The van der Waals surface area contributed by atoms with Gasteiger partial charge in [-0.1, -0.05) is 58.3 Å². The van der Waals surface area contributed by atoms with Gasteiger partial charge in [-0.3, -0.25) is 0 Å². The van der Waals surface area contributed by atoms with Gasteiger partial charge in [0.25, 0.3) is 0 Å². The molecule has 0 aliphatic rings. The van der Waals surface area contributed by atoms with Crippen molar-refractivity contribution in [1.82, 2.24) is 9.97 Å². The Hall–Kier alpha value is -3.38. The van der Waals surface area contributed by atoms with Gasteiger partial charge in [-0.2, -0.15) is 0 Å². The fraction of sp³-hybridized carbons (Fsp3) is 0.0645. The molecule has 1 N–H and O–H groups in total. The Morgan fingerprint density at radius 1 is 0.769 bits per heavy atom. The van der Waals surface area contributed by atoms with E-state index in [1.165, 1.54) is 26.9 Å². The molecule has 2 aromatic heterocycles. The van der Waals surface area contributed by atoms with Gasteiger partial charge in [-0.25, -0.2) is 9.78 Å². The van der Waals surface area contributed by atoms with Crippen LogP contribution in [0.25, 0.3) is 11.3 Å². The second-order valence-corrected chi connectivity index (χ2v) is 10.5. The zero-order valence-electron chi connectivity index (χ0n) is 21.3. The van der Waals surface area contributed by atoms with Crippen LogP contribution in [-0.4, -0.2) is 35.1 Å². The number of aromatic carboxylic acids is 1. The summed E-state index contributed by atoms with van der Waals surface area (Å²) in [6.45, 7) is 0. The van der Waals surface area contributed by atoms with E-state index in [2.05, 4.69) is 87.7 Å². The number of nitrogens with zero attached hydrogens (tertiary/aromatic N) is 3. The molecule has 0 aliphatic heterocycles. The number of carboxylic acid groups (broad SMARTS) is 1. The molecule has 200 valence electrons. The monoisotopic (exact) mass is 731 g/mol. The van der Waals surface area contributed by atoms with Gasteiger partial charge in [0.15, 0.2) is 0 Å². The van der Waals surface area contributed by atoms with Crippen molar-refractivity contribution in [2.24, 2.45) is 0 Å². The fourth-order valence-corrected chi connectivity index (χ4v) is 5.29. The number of rotatable bonds is 7. The quantitative estimate of drug-likeness (QED) is 0.172. The minimum Gasteiger partial charge on any atom is -0.477 e. The standard InChI is InChI=1S/C25H21N2S2.C6H5NO2.Pt/c1-27(2)19-15-16-26-24(17-19)23-14-13-22(28-20-9-5-3-6-10-20)18-25(23)29-21-11-7-4-8-12-21;8-6(9)5-3-1-2-4-7-5;/h3-13,15-18H,1-2H3;1-4H,(H,8,9);/q-1;;. The summed E-state index contributed by atoms with van der Waals surface area (Å²) in [5.74, 6) is -0.990. The van der Waals surface area contributed by atoms with Crippen LogP contribution in [0.15, 0.2) is 135 Å². The van der Waals surface area contributed by atoms with Crippen molar-refractivity contribution in [3.05, 3.63) is 127 Å². The molecular weight excluding hydrogens is 706 g/mol. The largest absolute Gasteiger partial charge is 0.477 e. The molecule has 0 saturated heterocycles. The fourth-order valence-electron chi connectivity index (χ4n) is 3.36. The first-order chi connectivity index (χ1) is 18.5. The van der Waals surface area contributed by atoms with Crippen LogP contribution in [0.3, 0.4) is 0 Å². The van der Waals surface area contributed by atoms with Crippen LogP contribution in [0.1, 0.15) is 10.5 Å². The van der Waals surface area contributed by atoms with E-state index in [1.54, 1.807) is 35.7 Å². The third-order valence-electron chi connectivity index (χ3n) is 5.23. The molecule has 0 radical (unpaired) electrons. The third kappa shape index (κ3) is 9.10. The summed E-state index contributed by atoms with van der Waals surface area (Å²) in [7, 11) is 4.09. The minimum atomic E-state index is -0.990. The number of carboxylic acids is 1. The average molecular weight is 732 g/mol. The summed E-state index contributed by atoms with van der Waals surface area (Å²) in [6.07, 6.45) is 3.31. The molecule has 5 aromatic rings. The number of hydrogen-bond acceptors (Lipinski definition) is 6. The Labute approximate surface area is 252 Å². The molecule has 2 heterocycles. The van der Waals surface area contributed by atoms with Crippen molar-refractivity contribution in [2.75, 3.05) is 19.0 Å². The number of aromatic nitrogens is 2. The van der Waals surface area contributed by atoms with E-state index in [4.69, 9.17) is 5.11 Å². The Morgan fingerprint density at radius 3 is 1.97 bits per heavy atom. The van der Waals surface area contributed by atoms with E-state index in [-0.39, 0.29) is 26.8 Å². The third-order valence-corrected chi connectivity index (χ3v) is 7.26. The van der Waals surface area contributed by atoms with E-state index in [0.29, 0.717) is 0 Å². The van der Waals surface area contributed by atoms with E-state index in [9.17, 15) is 4.79 Å². The maximum atomic E-state index is 10.1. The van der Waals surface area contributed by atoms with Gasteiger partial charge in [0.1, 0.15) is 5.69 Å². The summed E-state index contributed by atoms with van der Waals surface area (Å²) < 4.78 is 0. The first-order valence-corrected chi connectivity index (χ1v) is 13.4. The molecule has 5 rings (SSSR count). The van der Waals surface area contributed by atoms with Gasteiger partial charge in [-0.15, -0.1) is 47.3 Å². The molecule has 0 amide bonds. The van der Waals surface area contributed by atoms with Crippen molar-refractivity contribution >= 4 is 35.2 Å². The van der Waals surface area contributed by atoms with Gasteiger partial charge in [0.2, 0.25) is 0 Å². The molecule has 3 aromatic carbocycles.